The van der Waals surface area contributed by atoms with Gasteiger partial charge in [0.2, 0.25) is 0 Å². The molecule has 4 nitrogen and oxygen atoms in total. The second kappa shape index (κ2) is 5.48. The summed E-state index contributed by atoms with van der Waals surface area (Å²) in [4.78, 5) is 3.92. The lowest BCUT2D eigenvalue weighted by Crippen LogP contribution is -2.08. The van der Waals surface area contributed by atoms with Gasteiger partial charge in [0.05, 0.1) is 6.54 Å². The predicted molar refractivity (Wildman–Crippen MR) is 68.9 cm³/mol. The Labute approximate surface area is 102 Å². The van der Waals surface area contributed by atoms with Crippen molar-refractivity contribution in [2.24, 2.45) is 5.92 Å². The molecule has 90 valence electrons. The molecule has 0 saturated carbocycles. The molecule has 0 bridgehead atoms. The molecule has 0 aliphatic rings. The standard InChI is InChI=1S/C13H18N4/c1-11(2)7-15-13-5-3-12(4-6-13)8-17-10-14-9-16-17/h3-6,9-11,15H,7-8H2,1-2H3. The summed E-state index contributed by atoms with van der Waals surface area (Å²) in [6.45, 7) is 6.17. The summed E-state index contributed by atoms with van der Waals surface area (Å²) in [5.74, 6) is 0.657. The zero-order chi connectivity index (χ0) is 12.1. The van der Waals surface area contributed by atoms with Gasteiger partial charge in [-0.15, -0.1) is 0 Å². The summed E-state index contributed by atoms with van der Waals surface area (Å²) in [5.41, 5.74) is 2.40. The van der Waals surface area contributed by atoms with Gasteiger partial charge in [-0.1, -0.05) is 26.0 Å². The van der Waals surface area contributed by atoms with E-state index in [2.05, 4.69) is 53.5 Å². The molecule has 0 unspecified atom stereocenters. The smallest absolute Gasteiger partial charge is 0.137 e. The maximum absolute atomic E-state index is 4.08. The van der Waals surface area contributed by atoms with Crippen molar-refractivity contribution < 1.29 is 0 Å². The largest absolute Gasteiger partial charge is 0.385 e. The fraction of sp³-hybridized carbons (Fsp3) is 0.385. The average molecular weight is 230 g/mol. The van der Waals surface area contributed by atoms with Crippen molar-refractivity contribution in [3.63, 3.8) is 0 Å². The van der Waals surface area contributed by atoms with Gasteiger partial charge in [-0.05, 0) is 23.6 Å². The van der Waals surface area contributed by atoms with Crippen LogP contribution >= 0.6 is 0 Å². The summed E-state index contributed by atoms with van der Waals surface area (Å²) in [6, 6.07) is 8.44. The minimum atomic E-state index is 0.657. The molecule has 1 heterocycles. The van der Waals surface area contributed by atoms with Gasteiger partial charge in [-0.3, -0.25) is 0 Å². The van der Waals surface area contributed by atoms with E-state index >= 15 is 0 Å². The van der Waals surface area contributed by atoms with Gasteiger partial charge in [-0.2, -0.15) is 5.10 Å². The van der Waals surface area contributed by atoms with E-state index in [1.807, 2.05) is 4.68 Å². The normalized spacial score (nSPS) is 10.8. The Kier molecular flexibility index (Phi) is 3.75. The first-order valence-corrected chi connectivity index (χ1v) is 5.89. The Hall–Kier alpha value is -1.84. The molecule has 0 atom stereocenters. The molecule has 1 N–H and O–H groups in total. The molecule has 0 spiro atoms. The molecule has 1 aromatic carbocycles. The van der Waals surface area contributed by atoms with E-state index in [-0.39, 0.29) is 0 Å². The van der Waals surface area contributed by atoms with Gasteiger partial charge in [0.25, 0.3) is 0 Å². The van der Waals surface area contributed by atoms with Crippen LogP contribution in [0.5, 0.6) is 0 Å². The van der Waals surface area contributed by atoms with E-state index in [9.17, 15) is 0 Å². The number of nitrogens with one attached hydrogen (secondary N) is 1. The third kappa shape index (κ3) is 3.59. The molecule has 0 fully saturated rings. The number of hydrogen-bond acceptors (Lipinski definition) is 3. The monoisotopic (exact) mass is 230 g/mol. The molecule has 2 aromatic rings. The highest BCUT2D eigenvalue weighted by molar-refractivity contribution is 5.44. The molecule has 0 aliphatic carbocycles. The van der Waals surface area contributed by atoms with Crippen molar-refractivity contribution in [1.82, 2.24) is 14.8 Å². The zero-order valence-corrected chi connectivity index (χ0v) is 10.3. The van der Waals surface area contributed by atoms with Crippen molar-refractivity contribution in [2.75, 3.05) is 11.9 Å². The van der Waals surface area contributed by atoms with Crippen LogP contribution in [0.2, 0.25) is 0 Å². The summed E-state index contributed by atoms with van der Waals surface area (Å²) >= 11 is 0. The quantitative estimate of drug-likeness (QED) is 0.857. The lowest BCUT2D eigenvalue weighted by Gasteiger charge is -2.09. The molecule has 2 rings (SSSR count). The van der Waals surface area contributed by atoms with Crippen molar-refractivity contribution in [3.05, 3.63) is 42.5 Å². The van der Waals surface area contributed by atoms with Crippen molar-refractivity contribution in [3.8, 4) is 0 Å². The Balaban J connectivity index is 1.93. The second-order valence-electron chi connectivity index (χ2n) is 4.56. The van der Waals surface area contributed by atoms with Crippen LogP contribution in [0.1, 0.15) is 19.4 Å². The molecule has 0 saturated heterocycles. The third-order valence-electron chi connectivity index (χ3n) is 2.48. The van der Waals surface area contributed by atoms with E-state index in [0.29, 0.717) is 5.92 Å². The number of nitrogens with zero attached hydrogens (tertiary/aromatic N) is 3. The Morgan fingerprint density at radius 2 is 2.00 bits per heavy atom. The average Bonchev–Trinajstić information content (AvgIpc) is 2.81. The maximum Gasteiger partial charge on any atom is 0.137 e. The summed E-state index contributed by atoms with van der Waals surface area (Å²) in [7, 11) is 0. The Morgan fingerprint density at radius 1 is 1.24 bits per heavy atom. The van der Waals surface area contributed by atoms with Gasteiger partial charge in [0.15, 0.2) is 0 Å². The van der Waals surface area contributed by atoms with Crippen LogP contribution in [0.4, 0.5) is 5.69 Å². The molecule has 0 radical (unpaired) electrons. The van der Waals surface area contributed by atoms with Crippen LogP contribution in [0, 0.1) is 5.92 Å². The van der Waals surface area contributed by atoms with Crippen molar-refractivity contribution >= 4 is 5.69 Å². The van der Waals surface area contributed by atoms with Gasteiger partial charge >= 0.3 is 0 Å². The van der Waals surface area contributed by atoms with Crippen LogP contribution < -0.4 is 5.32 Å². The first-order valence-electron chi connectivity index (χ1n) is 5.89. The molecule has 0 amide bonds. The highest BCUT2D eigenvalue weighted by Crippen LogP contribution is 2.10. The number of hydrogen-bond donors (Lipinski definition) is 1. The van der Waals surface area contributed by atoms with Gasteiger partial charge in [0, 0.05) is 12.2 Å². The van der Waals surface area contributed by atoms with E-state index < -0.39 is 0 Å². The SMILES string of the molecule is CC(C)CNc1ccc(Cn2cncn2)cc1. The number of benzene rings is 1. The van der Waals surface area contributed by atoms with Crippen LogP contribution in [-0.2, 0) is 6.54 Å². The van der Waals surface area contributed by atoms with Gasteiger partial charge in [-0.25, -0.2) is 9.67 Å². The van der Waals surface area contributed by atoms with Crippen LogP contribution in [0.3, 0.4) is 0 Å². The van der Waals surface area contributed by atoms with Gasteiger partial charge < -0.3 is 5.32 Å². The topological polar surface area (TPSA) is 42.7 Å². The first-order chi connectivity index (χ1) is 8.24. The summed E-state index contributed by atoms with van der Waals surface area (Å²) < 4.78 is 1.82. The highest BCUT2D eigenvalue weighted by Gasteiger charge is 1.97. The van der Waals surface area contributed by atoms with Gasteiger partial charge in [0.1, 0.15) is 12.7 Å². The lowest BCUT2D eigenvalue weighted by atomic mass is 10.2. The predicted octanol–water partition coefficient (Wildman–Crippen LogP) is 2.39. The van der Waals surface area contributed by atoms with E-state index in [0.717, 1.165) is 13.1 Å². The molecule has 1 aromatic heterocycles. The van der Waals surface area contributed by atoms with Crippen molar-refractivity contribution in [1.29, 1.82) is 0 Å². The minimum Gasteiger partial charge on any atom is -0.385 e. The molecule has 0 aliphatic heterocycles. The van der Waals surface area contributed by atoms with Crippen LogP contribution in [-0.4, -0.2) is 21.3 Å². The van der Waals surface area contributed by atoms with E-state index in [1.54, 1.807) is 12.7 Å². The van der Waals surface area contributed by atoms with E-state index in [4.69, 9.17) is 0 Å². The zero-order valence-electron chi connectivity index (χ0n) is 10.3. The van der Waals surface area contributed by atoms with Crippen LogP contribution in [0.25, 0.3) is 0 Å². The molecular formula is C13H18N4. The lowest BCUT2D eigenvalue weighted by molar-refractivity contribution is 0.683. The summed E-state index contributed by atoms with van der Waals surface area (Å²) in [5, 5.41) is 7.48. The molecule has 17 heavy (non-hydrogen) atoms. The third-order valence-corrected chi connectivity index (χ3v) is 2.48. The van der Waals surface area contributed by atoms with E-state index in [1.165, 1.54) is 11.3 Å². The fourth-order valence-corrected chi connectivity index (χ4v) is 1.55. The first kappa shape index (κ1) is 11.6. The Morgan fingerprint density at radius 3 is 2.59 bits per heavy atom. The maximum atomic E-state index is 4.08. The summed E-state index contributed by atoms with van der Waals surface area (Å²) in [6.07, 6.45) is 3.28. The molecular weight excluding hydrogens is 212 g/mol. The Bertz CT molecular complexity index is 431. The highest BCUT2D eigenvalue weighted by atomic mass is 15.3. The molecule has 4 heteroatoms. The minimum absolute atomic E-state index is 0.657. The number of aromatic nitrogens is 3. The van der Waals surface area contributed by atoms with Crippen molar-refractivity contribution in [2.45, 2.75) is 20.4 Å². The number of rotatable bonds is 5. The second-order valence-corrected chi connectivity index (χ2v) is 4.56. The fourth-order valence-electron chi connectivity index (χ4n) is 1.55. The number of anilines is 1. The van der Waals surface area contributed by atoms with Crippen LogP contribution in [0.15, 0.2) is 36.9 Å².